The summed E-state index contributed by atoms with van der Waals surface area (Å²) >= 11 is 0. The molecule has 1 heterocycles. The number of aryl methyl sites for hydroxylation is 2. The van der Waals surface area contributed by atoms with Crippen molar-refractivity contribution in [3.05, 3.63) is 69.0 Å². The van der Waals surface area contributed by atoms with Crippen molar-refractivity contribution in [3.63, 3.8) is 0 Å². The molecule has 4 nitrogen and oxygen atoms in total. The lowest BCUT2D eigenvalue weighted by Gasteiger charge is -2.02. The Hall–Kier alpha value is -2.49. The topological polar surface area (TPSA) is 56.0 Å². The molecule has 1 aromatic heterocycles. The zero-order chi connectivity index (χ0) is 13.8. The van der Waals surface area contributed by atoms with Crippen LogP contribution in [-0.2, 0) is 0 Å². The lowest BCUT2D eigenvalue weighted by atomic mass is 10.1. The first-order valence-electron chi connectivity index (χ1n) is 5.93. The SMILES string of the molecule is Cc1cc(C=Cc2ccccc2)nc(C)c1[N+](=O)[O-]. The second-order valence-corrected chi connectivity index (χ2v) is 4.30. The maximum Gasteiger partial charge on any atom is 0.293 e. The molecule has 0 N–H and O–H groups in total. The minimum Gasteiger partial charge on any atom is -0.258 e. The lowest BCUT2D eigenvalue weighted by Crippen LogP contribution is -1.98. The second-order valence-electron chi connectivity index (χ2n) is 4.30. The van der Waals surface area contributed by atoms with Crippen molar-refractivity contribution < 1.29 is 4.92 Å². The van der Waals surface area contributed by atoms with Crippen molar-refractivity contribution in [2.24, 2.45) is 0 Å². The van der Waals surface area contributed by atoms with E-state index in [2.05, 4.69) is 4.98 Å². The van der Waals surface area contributed by atoms with Crippen LogP contribution in [0.15, 0.2) is 36.4 Å². The Kier molecular flexibility index (Phi) is 3.71. The molecule has 0 bridgehead atoms. The summed E-state index contributed by atoms with van der Waals surface area (Å²) in [5.74, 6) is 0. The number of benzene rings is 1. The molecule has 2 aromatic rings. The Balaban J connectivity index is 2.33. The molecule has 0 amide bonds. The lowest BCUT2D eigenvalue weighted by molar-refractivity contribution is -0.386. The van der Waals surface area contributed by atoms with Crippen molar-refractivity contribution in [2.45, 2.75) is 13.8 Å². The van der Waals surface area contributed by atoms with E-state index in [-0.39, 0.29) is 10.6 Å². The van der Waals surface area contributed by atoms with Gasteiger partial charge in [-0.25, -0.2) is 4.98 Å². The van der Waals surface area contributed by atoms with Crippen molar-refractivity contribution >= 4 is 17.8 Å². The minimum atomic E-state index is -0.387. The fourth-order valence-corrected chi connectivity index (χ4v) is 1.96. The third-order valence-corrected chi connectivity index (χ3v) is 2.81. The maximum atomic E-state index is 10.9. The van der Waals surface area contributed by atoms with Gasteiger partial charge in [-0.3, -0.25) is 10.1 Å². The number of hydrogen-bond donors (Lipinski definition) is 0. The number of nitro groups is 1. The molecule has 0 saturated heterocycles. The summed E-state index contributed by atoms with van der Waals surface area (Å²) in [4.78, 5) is 14.7. The van der Waals surface area contributed by atoms with Gasteiger partial charge in [0, 0.05) is 5.56 Å². The van der Waals surface area contributed by atoms with Gasteiger partial charge in [0.05, 0.1) is 10.6 Å². The number of nitrogens with zero attached hydrogens (tertiary/aromatic N) is 2. The molecule has 4 heteroatoms. The number of aromatic nitrogens is 1. The standard InChI is InChI=1S/C15H14N2O2/c1-11-10-14(16-12(2)15(11)17(18)19)9-8-13-6-4-3-5-7-13/h3-10H,1-2H3. The van der Waals surface area contributed by atoms with Crippen molar-refractivity contribution in [1.82, 2.24) is 4.98 Å². The fourth-order valence-electron chi connectivity index (χ4n) is 1.96. The van der Waals surface area contributed by atoms with Crippen LogP contribution in [0.3, 0.4) is 0 Å². The summed E-state index contributed by atoms with van der Waals surface area (Å²) in [5, 5.41) is 10.9. The normalized spacial score (nSPS) is 10.8. The van der Waals surface area contributed by atoms with Gasteiger partial charge in [0.15, 0.2) is 0 Å². The van der Waals surface area contributed by atoms with E-state index in [4.69, 9.17) is 0 Å². The summed E-state index contributed by atoms with van der Waals surface area (Å²) in [7, 11) is 0. The van der Waals surface area contributed by atoms with E-state index in [1.807, 2.05) is 42.5 Å². The van der Waals surface area contributed by atoms with Crippen molar-refractivity contribution in [1.29, 1.82) is 0 Å². The van der Waals surface area contributed by atoms with Crippen LogP contribution in [0.1, 0.15) is 22.5 Å². The smallest absolute Gasteiger partial charge is 0.258 e. The Bertz CT molecular complexity index is 611. The minimum absolute atomic E-state index is 0.0943. The van der Waals surface area contributed by atoms with Gasteiger partial charge in [0.2, 0.25) is 0 Å². The highest BCUT2D eigenvalue weighted by atomic mass is 16.6. The van der Waals surface area contributed by atoms with Gasteiger partial charge >= 0.3 is 0 Å². The zero-order valence-electron chi connectivity index (χ0n) is 10.8. The Morgan fingerprint density at radius 3 is 2.42 bits per heavy atom. The maximum absolute atomic E-state index is 10.9. The molecule has 96 valence electrons. The first kappa shape index (κ1) is 13.0. The predicted octanol–water partition coefficient (Wildman–Crippen LogP) is 3.78. The molecule has 0 unspecified atom stereocenters. The van der Waals surface area contributed by atoms with Gasteiger partial charge in [-0.2, -0.15) is 0 Å². The van der Waals surface area contributed by atoms with Crippen LogP contribution in [0.2, 0.25) is 0 Å². The molecule has 0 spiro atoms. The van der Waals surface area contributed by atoms with Crippen LogP contribution in [0.5, 0.6) is 0 Å². The summed E-state index contributed by atoms with van der Waals surface area (Å²) in [6.07, 6.45) is 3.80. The molecule has 0 aliphatic carbocycles. The average Bonchev–Trinajstić information content (AvgIpc) is 2.36. The molecular formula is C15H14N2O2. The van der Waals surface area contributed by atoms with E-state index >= 15 is 0 Å². The van der Waals surface area contributed by atoms with E-state index in [1.54, 1.807) is 19.9 Å². The Labute approximate surface area is 111 Å². The van der Waals surface area contributed by atoms with Gasteiger partial charge in [-0.1, -0.05) is 36.4 Å². The van der Waals surface area contributed by atoms with Crippen molar-refractivity contribution in [2.75, 3.05) is 0 Å². The molecule has 0 fully saturated rings. The summed E-state index contributed by atoms with van der Waals surface area (Å²) < 4.78 is 0. The Morgan fingerprint density at radius 1 is 1.16 bits per heavy atom. The highest BCUT2D eigenvalue weighted by molar-refractivity contribution is 5.69. The van der Waals surface area contributed by atoms with Gasteiger partial charge in [-0.05, 0) is 31.6 Å². The molecule has 0 radical (unpaired) electrons. The van der Waals surface area contributed by atoms with Crippen LogP contribution in [0.25, 0.3) is 12.2 Å². The van der Waals surface area contributed by atoms with E-state index < -0.39 is 0 Å². The third kappa shape index (κ3) is 3.04. The summed E-state index contributed by atoms with van der Waals surface area (Å²) in [6, 6.07) is 11.6. The van der Waals surface area contributed by atoms with Crippen LogP contribution >= 0.6 is 0 Å². The number of rotatable bonds is 3. The summed E-state index contributed by atoms with van der Waals surface area (Å²) in [5.41, 5.74) is 2.96. The zero-order valence-corrected chi connectivity index (χ0v) is 10.8. The van der Waals surface area contributed by atoms with Gasteiger partial charge in [0.25, 0.3) is 5.69 Å². The molecule has 0 aliphatic rings. The number of hydrogen-bond acceptors (Lipinski definition) is 3. The molecule has 0 aliphatic heterocycles. The quantitative estimate of drug-likeness (QED) is 0.618. The van der Waals surface area contributed by atoms with E-state index in [0.29, 0.717) is 11.3 Å². The predicted molar refractivity (Wildman–Crippen MR) is 75.7 cm³/mol. The van der Waals surface area contributed by atoms with Crippen LogP contribution in [0, 0.1) is 24.0 Å². The monoisotopic (exact) mass is 254 g/mol. The summed E-state index contributed by atoms with van der Waals surface area (Å²) in [6.45, 7) is 3.39. The molecule has 19 heavy (non-hydrogen) atoms. The molecule has 0 saturated carbocycles. The fraction of sp³-hybridized carbons (Fsp3) is 0.133. The number of pyridine rings is 1. The Morgan fingerprint density at radius 2 is 1.84 bits per heavy atom. The highest BCUT2D eigenvalue weighted by Crippen LogP contribution is 2.22. The highest BCUT2D eigenvalue weighted by Gasteiger charge is 2.15. The van der Waals surface area contributed by atoms with E-state index in [9.17, 15) is 10.1 Å². The largest absolute Gasteiger partial charge is 0.293 e. The van der Waals surface area contributed by atoms with Crippen LogP contribution in [-0.4, -0.2) is 9.91 Å². The molecule has 0 atom stereocenters. The van der Waals surface area contributed by atoms with Gasteiger partial charge < -0.3 is 0 Å². The van der Waals surface area contributed by atoms with Crippen molar-refractivity contribution in [3.8, 4) is 0 Å². The average molecular weight is 254 g/mol. The van der Waals surface area contributed by atoms with E-state index in [1.165, 1.54) is 0 Å². The third-order valence-electron chi connectivity index (χ3n) is 2.81. The van der Waals surface area contributed by atoms with Gasteiger partial charge in [-0.15, -0.1) is 0 Å². The van der Waals surface area contributed by atoms with Gasteiger partial charge in [0.1, 0.15) is 5.69 Å². The first-order chi connectivity index (χ1) is 9.08. The first-order valence-corrected chi connectivity index (χ1v) is 5.93. The second kappa shape index (κ2) is 5.44. The molecular weight excluding hydrogens is 240 g/mol. The van der Waals surface area contributed by atoms with E-state index in [0.717, 1.165) is 11.3 Å². The molecule has 1 aromatic carbocycles. The molecule has 2 rings (SSSR count). The van der Waals surface area contributed by atoms with Crippen LogP contribution in [0.4, 0.5) is 5.69 Å². The van der Waals surface area contributed by atoms with Crippen LogP contribution < -0.4 is 0 Å².